The van der Waals surface area contributed by atoms with Crippen molar-refractivity contribution >= 4 is 13.7 Å². The molecule has 0 aliphatic heterocycles. The van der Waals surface area contributed by atoms with Gasteiger partial charge in [-0.25, -0.2) is 0 Å². The first-order valence-corrected chi connectivity index (χ1v) is 9.91. The number of rotatable bonds is 5. The van der Waals surface area contributed by atoms with Crippen molar-refractivity contribution in [3.63, 3.8) is 0 Å². The monoisotopic (exact) mass is 360 g/mol. The molecule has 2 rings (SSSR count). The summed E-state index contributed by atoms with van der Waals surface area (Å²) in [5.41, 5.74) is 6.18. The summed E-state index contributed by atoms with van der Waals surface area (Å²) in [4.78, 5) is 17.9. The van der Waals surface area contributed by atoms with Gasteiger partial charge in [-0.2, -0.15) is 0 Å². The third-order valence-corrected chi connectivity index (χ3v) is 4.81. The highest BCUT2D eigenvalue weighted by Gasteiger charge is 2.11. The fourth-order valence-electron chi connectivity index (χ4n) is 2.97. The predicted octanol–water partition coefficient (Wildman–Crippen LogP) is 4.87. The molecule has 0 aromatic heterocycles. The van der Waals surface area contributed by atoms with Crippen molar-refractivity contribution in [3.05, 3.63) is 69.5 Å². The summed E-state index contributed by atoms with van der Waals surface area (Å²) >= 11 is 0. The van der Waals surface area contributed by atoms with Gasteiger partial charge in [-0.05, 0) is 71.7 Å². The third kappa shape index (κ3) is 5.30. The zero-order valence-corrected chi connectivity index (χ0v) is 15.9. The minimum atomic E-state index is -4.15. The number of hydrogen-bond donors (Lipinski definition) is 3. The Hall–Kier alpha value is -1.87. The largest absolute Gasteiger partial charge is 0.508 e. The van der Waals surface area contributed by atoms with Crippen LogP contribution in [0.1, 0.15) is 53.1 Å². The summed E-state index contributed by atoms with van der Waals surface area (Å²) in [6.45, 7) is 8.11. The van der Waals surface area contributed by atoms with Crippen LogP contribution >= 0.6 is 7.60 Å². The van der Waals surface area contributed by atoms with Gasteiger partial charge in [0.05, 0.1) is 0 Å². The van der Waals surface area contributed by atoms with Crippen LogP contribution in [0.4, 0.5) is 0 Å². The van der Waals surface area contributed by atoms with Crippen molar-refractivity contribution in [2.24, 2.45) is 0 Å². The summed E-state index contributed by atoms with van der Waals surface area (Å²) in [6, 6.07) is 9.57. The van der Waals surface area contributed by atoms with E-state index in [1.54, 1.807) is 6.07 Å². The number of phenols is 1. The van der Waals surface area contributed by atoms with Gasteiger partial charge in [0.15, 0.2) is 0 Å². The van der Waals surface area contributed by atoms with Crippen LogP contribution in [-0.4, -0.2) is 14.9 Å². The maximum absolute atomic E-state index is 11.0. The van der Waals surface area contributed by atoms with Crippen LogP contribution in [0.5, 0.6) is 5.75 Å². The molecule has 0 bridgehead atoms. The number of aromatic hydroxyl groups is 1. The van der Waals surface area contributed by atoms with Crippen molar-refractivity contribution in [2.45, 2.75) is 40.0 Å². The molecule has 134 valence electrons. The van der Waals surface area contributed by atoms with E-state index in [4.69, 9.17) is 9.79 Å². The van der Waals surface area contributed by atoms with Gasteiger partial charge in [-0.3, -0.25) is 4.57 Å². The normalized spacial score (nSPS) is 12.3. The molecular weight excluding hydrogens is 335 g/mol. The highest BCUT2D eigenvalue weighted by molar-refractivity contribution is 7.55. The Morgan fingerprint density at radius 1 is 1.08 bits per heavy atom. The average molecular weight is 360 g/mol. The zero-order valence-electron chi connectivity index (χ0n) is 15.0. The minimum Gasteiger partial charge on any atom is -0.508 e. The fourth-order valence-corrected chi connectivity index (χ4v) is 3.33. The summed E-state index contributed by atoms with van der Waals surface area (Å²) in [5.74, 6) is 1.50. The van der Waals surface area contributed by atoms with Gasteiger partial charge >= 0.3 is 7.60 Å². The highest BCUT2D eigenvalue weighted by atomic mass is 31.2. The van der Waals surface area contributed by atoms with Gasteiger partial charge in [0, 0.05) is 5.82 Å². The van der Waals surface area contributed by atoms with Crippen molar-refractivity contribution in [1.82, 2.24) is 0 Å². The molecule has 3 N–H and O–H groups in total. The van der Waals surface area contributed by atoms with E-state index < -0.39 is 7.60 Å². The van der Waals surface area contributed by atoms with Gasteiger partial charge < -0.3 is 14.9 Å². The average Bonchev–Trinajstić information content (AvgIpc) is 2.49. The molecule has 0 atom stereocenters. The van der Waals surface area contributed by atoms with Crippen LogP contribution in [0.25, 0.3) is 6.08 Å². The molecule has 25 heavy (non-hydrogen) atoms. The summed E-state index contributed by atoms with van der Waals surface area (Å²) in [5, 5.41) is 9.97. The lowest BCUT2D eigenvalue weighted by molar-refractivity contribution is 0.386. The predicted molar refractivity (Wildman–Crippen MR) is 102 cm³/mol. The van der Waals surface area contributed by atoms with Crippen molar-refractivity contribution in [1.29, 1.82) is 0 Å². The SMILES string of the molecule is Cc1cc(C=CP(=O)(O)O)cc(C)c1Cc1ccc(O)c(C(C)C)c1. The summed E-state index contributed by atoms with van der Waals surface area (Å²) in [7, 11) is -4.15. The third-order valence-electron chi connectivity index (χ3n) is 4.27. The van der Waals surface area contributed by atoms with Gasteiger partial charge in [-0.1, -0.05) is 38.1 Å². The lowest BCUT2D eigenvalue weighted by Crippen LogP contribution is -1.98. The molecule has 0 aliphatic carbocycles. The fraction of sp³-hybridized carbons (Fsp3) is 0.300. The smallest absolute Gasteiger partial charge is 0.349 e. The standard InChI is InChI=1S/C20H25O4P/c1-13(2)18-11-16(5-6-20(18)21)12-19-14(3)9-17(10-15(19)4)7-8-25(22,23)24/h5-11,13,21H,12H2,1-4H3,(H2,22,23,24). The Balaban J connectivity index is 2.34. The Morgan fingerprint density at radius 2 is 1.68 bits per heavy atom. The van der Waals surface area contributed by atoms with Gasteiger partial charge in [0.1, 0.15) is 5.75 Å². The molecule has 0 heterocycles. The van der Waals surface area contributed by atoms with E-state index >= 15 is 0 Å². The number of aryl methyl sites for hydroxylation is 2. The molecule has 0 saturated heterocycles. The topological polar surface area (TPSA) is 77.8 Å². The molecule has 0 fully saturated rings. The second kappa shape index (κ2) is 7.57. The molecule has 4 nitrogen and oxygen atoms in total. The maximum Gasteiger partial charge on any atom is 0.349 e. The summed E-state index contributed by atoms with van der Waals surface area (Å²) < 4.78 is 11.0. The van der Waals surface area contributed by atoms with Crippen molar-refractivity contribution in [3.8, 4) is 5.75 Å². The second-order valence-electron chi connectivity index (χ2n) is 6.76. The van der Waals surface area contributed by atoms with Crippen molar-refractivity contribution in [2.75, 3.05) is 0 Å². The molecule has 0 unspecified atom stereocenters. The molecule has 0 spiro atoms. The van der Waals surface area contributed by atoms with E-state index in [1.807, 2.05) is 38.1 Å². The molecule has 0 amide bonds. The van der Waals surface area contributed by atoms with Crippen LogP contribution < -0.4 is 0 Å². The first-order chi connectivity index (χ1) is 11.6. The van der Waals surface area contributed by atoms with Gasteiger partial charge in [-0.15, -0.1) is 0 Å². The van der Waals surface area contributed by atoms with E-state index in [9.17, 15) is 9.67 Å². The maximum atomic E-state index is 11.0. The van der Waals surface area contributed by atoms with Crippen LogP contribution in [0.3, 0.4) is 0 Å². The zero-order chi connectivity index (χ0) is 18.8. The van der Waals surface area contributed by atoms with Gasteiger partial charge in [0.25, 0.3) is 0 Å². The number of hydrogen-bond acceptors (Lipinski definition) is 2. The molecule has 2 aromatic rings. The number of benzene rings is 2. The first-order valence-electron chi connectivity index (χ1n) is 8.23. The van der Waals surface area contributed by atoms with Crippen LogP contribution in [-0.2, 0) is 11.0 Å². The second-order valence-corrected chi connectivity index (χ2v) is 8.24. The van der Waals surface area contributed by atoms with Crippen LogP contribution in [0, 0.1) is 13.8 Å². The molecule has 0 aliphatic rings. The van der Waals surface area contributed by atoms with Crippen LogP contribution in [0.15, 0.2) is 36.1 Å². The Morgan fingerprint density at radius 3 is 2.20 bits per heavy atom. The molecule has 0 radical (unpaired) electrons. The van der Waals surface area contributed by atoms with E-state index in [-0.39, 0.29) is 5.92 Å². The van der Waals surface area contributed by atoms with Gasteiger partial charge in [0.2, 0.25) is 0 Å². The Labute approximate surface area is 149 Å². The number of phenolic OH excluding ortho intramolecular Hbond substituents is 1. The first kappa shape index (κ1) is 19.5. The van der Waals surface area contributed by atoms with Crippen LogP contribution in [0.2, 0.25) is 0 Å². The van der Waals surface area contributed by atoms with E-state index in [0.29, 0.717) is 5.75 Å². The van der Waals surface area contributed by atoms with E-state index in [1.165, 1.54) is 11.6 Å². The lowest BCUT2D eigenvalue weighted by Gasteiger charge is -2.14. The minimum absolute atomic E-state index is 0.252. The van der Waals surface area contributed by atoms with E-state index in [0.717, 1.165) is 40.1 Å². The molecular formula is C20H25O4P. The quantitative estimate of drug-likeness (QED) is 0.665. The van der Waals surface area contributed by atoms with Crippen molar-refractivity contribution < 1.29 is 19.5 Å². The Bertz CT molecular complexity index is 824. The summed E-state index contributed by atoms with van der Waals surface area (Å²) in [6.07, 6.45) is 2.21. The Kier molecular flexibility index (Phi) is 5.89. The van der Waals surface area contributed by atoms with E-state index in [2.05, 4.69) is 13.8 Å². The molecule has 5 heteroatoms. The highest BCUT2D eigenvalue weighted by Crippen LogP contribution is 2.37. The molecule has 0 saturated carbocycles. The lowest BCUT2D eigenvalue weighted by atomic mass is 9.92. The molecule has 2 aromatic carbocycles.